The summed E-state index contributed by atoms with van der Waals surface area (Å²) in [5.74, 6) is 0.854. The molecule has 3 heterocycles. The first-order valence-electron chi connectivity index (χ1n) is 12.0. The molecule has 2 amide bonds. The van der Waals surface area contributed by atoms with Crippen LogP contribution in [-0.4, -0.2) is 83.9 Å². The number of piperazine rings is 1. The number of amides is 2. The molecule has 2 saturated heterocycles. The van der Waals surface area contributed by atoms with Gasteiger partial charge in [0, 0.05) is 58.1 Å². The van der Waals surface area contributed by atoms with E-state index in [-0.39, 0.29) is 18.2 Å². The number of phenols is 1. The molecule has 0 spiro atoms. The van der Waals surface area contributed by atoms with E-state index in [1.165, 1.54) is 13.0 Å². The maximum Gasteiger partial charge on any atom is 0.320 e. The number of phenolic OH excluding ortho intramolecular Hbond substituents is 1. The van der Waals surface area contributed by atoms with Gasteiger partial charge in [-0.1, -0.05) is 18.2 Å². The number of alkyl halides is 2. The average Bonchev–Trinajstić information content (AvgIpc) is 3.16. The van der Waals surface area contributed by atoms with Crippen LogP contribution >= 0.6 is 11.6 Å². The first-order chi connectivity index (χ1) is 16.7. The van der Waals surface area contributed by atoms with E-state index in [0.717, 1.165) is 32.0 Å². The van der Waals surface area contributed by atoms with Gasteiger partial charge in [-0.05, 0) is 48.8 Å². The molecule has 0 saturated carbocycles. The summed E-state index contributed by atoms with van der Waals surface area (Å²) in [6, 6.07) is 9.46. The molecule has 2 N–H and O–H groups in total. The number of aromatic nitrogens is 1. The van der Waals surface area contributed by atoms with Gasteiger partial charge in [-0.25, -0.2) is 14.2 Å². The van der Waals surface area contributed by atoms with E-state index in [9.17, 15) is 9.90 Å². The molecular weight excluding hydrogens is 469 g/mol. The van der Waals surface area contributed by atoms with Crippen LogP contribution in [0.2, 0.25) is 0 Å². The fraction of sp³-hybridized carbons (Fsp3) is 0.462. The van der Waals surface area contributed by atoms with Gasteiger partial charge in [0.05, 0.1) is 10.9 Å². The van der Waals surface area contributed by atoms with Gasteiger partial charge in [-0.2, -0.15) is 0 Å². The molecular formula is C26H31ClFN5O2. The SMILES string of the molecule is CN1CCN(C2C(C)(F)C=C(c3ccccc3O)CC2(Cl)c2ccnc(N3CCNCC3)c2)C1=O. The van der Waals surface area contributed by atoms with E-state index >= 15 is 4.39 Å². The zero-order valence-electron chi connectivity index (χ0n) is 20.0. The van der Waals surface area contributed by atoms with E-state index in [1.54, 1.807) is 47.3 Å². The minimum Gasteiger partial charge on any atom is -0.507 e. The molecule has 0 radical (unpaired) electrons. The number of benzene rings is 1. The van der Waals surface area contributed by atoms with Gasteiger partial charge in [-0.15, -0.1) is 11.6 Å². The summed E-state index contributed by atoms with van der Waals surface area (Å²) >= 11 is 7.52. The second kappa shape index (κ2) is 8.99. The maximum atomic E-state index is 16.7. The van der Waals surface area contributed by atoms with Gasteiger partial charge < -0.3 is 25.1 Å². The number of nitrogens with one attached hydrogen (secondary N) is 1. The van der Waals surface area contributed by atoms with E-state index in [1.807, 2.05) is 12.1 Å². The highest BCUT2D eigenvalue weighted by Crippen LogP contribution is 2.53. The number of para-hydroxylation sites is 1. The fourth-order valence-electron chi connectivity index (χ4n) is 5.67. The van der Waals surface area contributed by atoms with Gasteiger partial charge in [-0.3, -0.25) is 0 Å². The third-order valence-corrected chi connectivity index (χ3v) is 7.91. The number of aromatic hydroxyl groups is 1. The van der Waals surface area contributed by atoms with Crippen LogP contribution < -0.4 is 10.2 Å². The molecule has 3 atom stereocenters. The Morgan fingerprint density at radius 2 is 1.91 bits per heavy atom. The van der Waals surface area contributed by atoms with Crippen LogP contribution in [0, 0.1) is 0 Å². The lowest BCUT2D eigenvalue weighted by Crippen LogP contribution is -2.60. The minimum absolute atomic E-state index is 0.0697. The number of rotatable bonds is 4. The van der Waals surface area contributed by atoms with Crippen LogP contribution in [0.4, 0.5) is 15.0 Å². The molecule has 3 aliphatic rings. The minimum atomic E-state index is -1.95. The van der Waals surface area contributed by atoms with Crippen molar-refractivity contribution in [3.8, 4) is 5.75 Å². The van der Waals surface area contributed by atoms with Crippen molar-refractivity contribution in [3.05, 3.63) is 59.8 Å². The topological polar surface area (TPSA) is 71.9 Å². The molecule has 1 aliphatic carbocycles. The number of carbonyl (C=O) groups is 1. The van der Waals surface area contributed by atoms with Crippen molar-refractivity contribution >= 4 is 29.0 Å². The molecule has 2 aliphatic heterocycles. The molecule has 9 heteroatoms. The van der Waals surface area contributed by atoms with Crippen LogP contribution in [0.25, 0.3) is 5.57 Å². The third-order valence-electron chi connectivity index (χ3n) is 7.35. The van der Waals surface area contributed by atoms with E-state index in [4.69, 9.17) is 11.6 Å². The van der Waals surface area contributed by atoms with Crippen molar-refractivity contribution in [2.45, 2.75) is 29.9 Å². The van der Waals surface area contributed by atoms with Crippen molar-refractivity contribution in [2.24, 2.45) is 0 Å². The number of anilines is 1. The predicted molar refractivity (Wildman–Crippen MR) is 136 cm³/mol. The molecule has 2 fully saturated rings. The zero-order chi connectivity index (χ0) is 24.8. The van der Waals surface area contributed by atoms with Gasteiger partial charge >= 0.3 is 6.03 Å². The Hall–Kier alpha value is -2.84. The Kier molecular flexibility index (Phi) is 6.13. The van der Waals surface area contributed by atoms with Gasteiger partial charge in [0.15, 0.2) is 0 Å². The highest BCUT2D eigenvalue weighted by Gasteiger charge is 2.57. The number of halogens is 2. The largest absolute Gasteiger partial charge is 0.507 e. The van der Waals surface area contributed by atoms with Gasteiger partial charge in [0.1, 0.15) is 17.2 Å². The lowest BCUT2D eigenvalue weighted by molar-refractivity contribution is 0.0663. The normalized spacial score (nSPS) is 29.5. The molecule has 186 valence electrons. The van der Waals surface area contributed by atoms with Crippen LogP contribution in [0.1, 0.15) is 24.5 Å². The second-order valence-corrected chi connectivity index (χ2v) is 10.5. The van der Waals surface area contributed by atoms with Crippen molar-refractivity contribution < 1.29 is 14.3 Å². The Labute approximate surface area is 210 Å². The average molecular weight is 500 g/mol. The number of hydrogen-bond acceptors (Lipinski definition) is 5. The molecule has 2 aromatic rings. The second-order valence-electron chi connectivity index (χ2n) is 9.82. The monoisotopic (exact) mass is 499 g/mol. The predicted octanol–water partition coefficient (Wildman–Crippen LogP) is 3.58. The zero-order valence-corrected chi connectivity index (χ0v) is 20.8. The standard InChI is InChI=1S/C26H31ClFN5O2/c1-25(28)16-18(20-5-3-4-6-21(20)34)17-26(27,23(25)33-14-13-31(2)24(33)35)19-7-8-30-22(15-19)32-11-9-29-10-12-32/h3-8,15-16,23,29,34H,9-14,17H2,1-2H3. The highest BCUT2D eigenvalue weighted by atomic mass is 35.5. The van der Waals surface area contributed by atoms with Crippen LogP contribution in [0.3, 0.4) is 0 Å². The lowest BCUT2D eigenvalue weighted by atomic mass is 9.71. The Morgan fingerprint density at radius 3 is 2.60 bits per heavy atom. The quantitative estimate of drug-likeness (QED) is 0.629. The van der Waals surface area contributed by atoms with Gasteiger partial charge in [0.25, 0.3) is 0 Å². The molecule has 0 bridgehead atoms. The Balaban J connectivity index is 1.64. The van der Waals surface area contributed by atoms with E-state index in [2.05, 4.69) is 15.2 Å². The molecule has 3 unspecified atom stereocenters. The van der Waals surface area contributed by atoms with Crippen molar-refractivity contribution in [1.29, 1.82) is 0 Å². The first-order valence-corrected chi connectivity index (χ1v) is 12.4. The molecule has 1 aromatic heterocycles. The van der Waals surface area contributed by atoms with Crippen LogP contribution in [0.15, 0.2) is 48.7 Å². The Bertz CT molecular complexity index is 1150. The summed E-state index contributed by atoms with van der Waals surface area (Å²) in [5.41, 5.74) is -0.0855. The summed E-state index contributed by atoms with van der Waals surface area (Å²) in [6.45, 7) is 5.72. The number of hydrogen-bond donors (Lipinski definition) is 2. The summed E-state index contributed by atoms with van der Waals surface area (Å²) < 4.78 is 16.7. The van der Waals surface area contributed by atoms with E-state index in [0.29, 0.717) is 29.8 Å². The molecule has 5 rings (SSSR count). The summed E-state index contributed by atoms with van der Waals surface area (Å²) in [7, 11) is 1.72. The first kappa shape index (κ1) is 23.9. The number of likely N-dealkylation sites (N-methyl/N-ethyl adjacent to an activating group) is 1. The number of allylic oxidation sites excluding steroid dienone is 1. The lowest BCUT2D eigenvalue weighted by Gasteiger charge is -2.49. The molecule has 7 nitrogen and oxygen atoms in total. The number of nitrogens with zero attached hydrogens (tertiary/aromatic N) is 4. The molecule has 35 heavy (non-hydrogen) atoms. The smallest absolute Gasteiger partial charge is 0.320 e. The number of urea groups is 1. The van der Waals surface area contributed by atoms with E-state index < -0.39 is 16.6 Å². The van der Waals surface area contributed by atoms with Crippen molar-refractivity contribution in [1.82, 2.24) is 20.1 Å². The summed E-state index contributed by atoms with van der Waals surface area (Å²) in [6.07, 6.45) is 3.48. The number of pyridine rings is 1. The third kappa shape index (κ3) is 4.23. The van der Waals surface area contributed by atoms with Crippen LogP contribution in [-0.2, 0) is 4.87 Å². The molecule has 1 aromatic carbocycles. The summed E-state index contributed by atoms with van der Waals surface area (Å²) in [5, 5.41) is 13.9. The van der Waals surface area contributed by atoms with Gasteiger partial charge in [0.2, 0.25) is 0 Å². The summed E-state index contributed by atoms with van der Waals surface area (Å²) in [4.78, 5) is 21.7. The maximum absolute atomic E-state index is 16.7. The number of carbonyl (C=O) groups excluding carboxylic acids is 1. The van der Waals surface area contributed by atoms with Crippen LogP contribution in [0.5, 0.6) is 5.75 Å². The van der Waals surface area contributed by atoms with Crippen molar-refractivity contribution in [3.63, 3.8) is 0 Å². The fourth-order valence-corrected chi connectivity index (χ4v) is 6.27. The Morgan fingerprint density at radius 1 is 1.17 bits per heavy atom. The highest BCUT2D eigenvalue weighted by molar-refractivity contribution is 6.25. The van der Waals surface area contributed by atoms with Crippen molar-refractivity contribution in [2.75, 3.05) is 51.2 Å².